The van der Waals surface area contributed by atoms with Crippen molar-refractivity contribution >= 4 is 35.4 Å². The highest BCUT2D eigenvalue weighted by molar-refractivity contribution is 6.30. The van der Waals surface area contributed by atoms with Crippen LogP contribution in [0.2, 0.25) is 10.0 Å². The van der Waals surface area contributed by atoms with Gasteiger partial charge in [-0.15, -0.1) is 0 Å². The molecule has 0 aliphatic carbocycles. The van der Waals surface area contributed by atoms with Gasteiger partial charge in [-0.2, -0.15) is 0 Å². The number of methoxy groups -OCH3 is 2. The van der Waals surface area contributed by atoms with Gasteiger partial charge in [0.05, 0.1) is 16.7 Å². The number of hydrogen-bond donors (Lipinski definition) is 1. The van der Waals surface area contributed by atoms with E-state index >= 15 is 4.39 Å². The summed E-state index contributed by atoms with van der Waals surface area (Å²) in [6.07, 6.45) is 2.48. The number of nitrogens with zero attached hydrogens (tertiary/aromatic N) is 1. The van der Waals surface area contributed by atoms with E-state index in [1.165, 1.54) is 18.1 Å². The molecule has 1 saturated heterocycles. The highest BCUT2D eigenvalue weighted by Gasteiger charge is 2.54. The monoisotopic (exact) mass is 645 g/mol. The van der Waals surface area contributed by atoms with Gasteiger partial charge < -0.3 is 24.1 Å². The Morgan fingerprint density at radius 1 is 1.05 bits per heavy atom. The molecule has 0 unspecified atom stereocenters. The molecule has 2 aliphatic rings. The second-order valence-corrected chi connectivity index (χ2v) is 11.9. The molecule has 2 atom stereocenters. The number of carbonyl (C=O) groups excluding carboxylic acids is 2. The minimum Gasteiger partial charge on any atom is -0.388 e. The molecule has 1 amide bonds. The third-order valence-electron chi connectivity index (χ3n) is 8.55. The van der Waals surface area contributed by atoms with Gasteiger partial charge >= 0.3 is 0 Å². The lowest BCUT2D eigenvalue weighted by atomic mass is 9.74. The van der Waals surface area contributed by atoms with E-state index < -0.39 is 23.1 Å². The normalized spacial score (nSPS) is 19.6. The molecule has 0 aromatic heterocycles. The van der Waals surface area contributed by atoms with E-state index in [0.29, 0.717) is 64.8 Å². The highest BCUT2D eigenvalue weighted by atomic mass is 35.5. The lowest BCUT2D eigenvalue weighted by Gasteiger charge is -2.39. The average molecular weight is 647 g/mol. The van der Waals surface area contributed by atoms with Gasteiger partial charge in [-0.25, -0.2) is 4.39 Å². The Kier molecular flexibility index (Phi) is 11.2. The van der Waals surface area contributed by atoms with Crippen molar-refractivity contribution in [2.45, 2.75) is 50.5 Å². The molecule has 2 heterocycles. The zero-order valence-corrected chi connectivity index (χ0v) is 26.9. The predicted octanol–water partition coefficient (Wildman–Crippen LogP) is 6.66. The van der Waals surface area contributed by atoms with E-state index in [2.05, 4.69) is 4.74 Å². The SMILES string of the molecule is CC[C@@](O)(c1cc(F)c2c(c1)C(=O)N(Cc1ccc(Cl)cc1CC=O)[C@@]2(OC)c1ccc(Cl)cc1)C1CCOCC1.COC. The van der Waals surface area contributed by atoms with Crippen LogP contribution in [-0.2, 0) is 43.3 Å². The van der Waals surface area contributed by atoms with Gasteiger partial charge in [0.1, 0.15) is 12.1 Å². The first-order chi connectivity index (χ1) is 21.1. The first-order valence-corrected chi connectivity index (χ1v) is 15.3. The van der Waals surface area contributed by atoms with E-state index in [9.17, 15) is 14.7 Å². The Morgan fingerprint density at radius 2 is 1.68 bits per heavy atom. The Balaban J connectivity index is 0.00000141. The average Bonchev–Trinajstić information content (AvgIpc) is 3.27. The summed E-state index contributed by atoms with van der Waals surface area (Å²) in [5, 5.41) is 12.8. The Hall–Kier alpha value is -2.85. The fraction of sp³-hybridized carbons (Fsp3) is 0.412. The molecule has 10 heteroatoms. The van der Waals surface area contributed by atoms with Crippen molar-refractivity contribution in [1.82, 2.24) is 4.90 Å². The molecule has 3 aromatic carbocycles. The van der Waals surface area contributed by atoms with E-state index in [-0.39, 0.29) is 30.0 Å². The van der Waals surface area contributed by atoms with E-state index in [1.807, 2.05) is 6.92 Å². The molecule has 0 radical (unpaired) electrons. The first kappa shape index (κ1) is 34.0. The standard InChI is InChI=1S/C32H32Cl2FNO5.C2H6O/c1-3-31(39,22-11-14-41-15-12-22)24-17-27-29(28(35)18-24)32(40-2,23-5-8-25(33)9-6-23)36(30(27)38)19-21-4-7-26(34)16-20(21)10-13-37;1-3-2/h4-9,13,16-18,22,39H,3,10-12,14-15,19H2,1-2H3;1-2H3/t31-,32+;/m0./s1. The highest BCUT2D eigenvalue weighted by Crippen LogP contribution is 2.49. The largest absolute Gasteiger partial charge is 0.388 e. The van der Waals surface area contributed by atoms with Crippen molar-refractivity contribution in [3.05, 3.63) is 104 Å². The Morgan fingerprint density at radius 3 is 2.27 bits per heavy atom. The lowest BCUT2D eigenvalue weighted by Crippen LogP contribution is -2.46. The van der Waals surface area contributed by atoms with Gasteiger partial charge in [0, 0.05) is 63.1 Å². The third kappa shape index (κ3) is 6.29. The van der Waals surface area contributed by atoms with Gasteiger partial charge in [-0.1, -0.05) is 48.3 Å². The number of hydrogen-bond acceptors (Lipinski definition) is 6. The summed E-state index contributed by atoms with van der Waals surface area (Å²) in [6, 6.07) is 14.8. The molecule has 1 fully saturated rings. The smallest absolute Gasteiger partial charge is 0.257 e. The van der Waals surface area contributed by atoms with Crippen molar-refractivity contribution in [3.8, 4) is 0 Å². The van der Waals surface area contributed by atoms with Crippen LogP contribution >= 0.6 is 23.2 Å². The first-order valence-electron chi connectivity index (χ1n) is 14.5. The maximum Gasteiger partial charge on any atom is 0.257 e. The summed E-state index contributed by atoms with van der Waals surface area (Å²) in [5.41, 5.74) is -0.618. The molecule has 2 aliphatic heterocycles. The quantitative estimate of drug-likeness (QED) is 0.262. The number of amides is 1. The van der Waals surface area contributed by atoms with Crippen molar-refractivity contribution < 1.29 is 33.3 Å². The molecule has 44 heavy (non-hydrogen) atoms. The molecular weight excluding hydrogens is 608 g/mol. The summed E-state index contributed by atoms with van der Waals surface area (Å²) >= 11 is 12.4. The van der Waals surface area contributed by atoms with E-state index in [0.717, 1.165) is 6.29 Å². The van der Waals surface area contributed by atoms with Crippen molar-refractivity contribution in [2.24, 2.45) is 5.92 Å². The number of aldehydes is 1. The summed E-state index contributed by atoms with van der Waals surface area (Å²) in [4.78, 5) is 27.2. The summed E-state index contributed by atoms with van der Waals surface area (Å²) in [7, 11) is 4.68. The Bertz CT molecular complexity index is 1480. The number of halogens is 3. The van der Waals surface area contributed by atoms with Crippen LogP contribution in [0.15, 0.2) is 54.6 Å². The molecular formula is C34H38Cl2FNO6. The molecule has 0 saturated carbocycles. The van der Waals surface area contributed by atoms with E-state index in [4.69, 9.17) is 32.7 Å². The van der Waals surface area contributed by atoms with Crippen molar-refractivity contribution in [2.75, 3.05) is 34.5 Å². The van der Waals surface area contributed by atoms with Gasteiger partial charge in [-0.3, -0.25) is 9.69 Å². The van der Waals surface area contributed by atoms with Crippen LogP contribution < -0.4 is 0 Å². The number of fused-ring (bicyclic) bond motifs is 1. The van der Waals surface area contributed by atoms with Crippen LogP contribution in [0.25, 0.3) is 0 Å². The maximum absolute atomic E-state index is 16.5. The molecule has 5 rings (SSSR count). The van der Waals surface area contributed by atoms with Crippen molar-refractivity contribution in [3.63, 3.8) is 0 Å². The van der Waals surface area contributed by atoms with Crippen LogP contribution in [0, 0.1) is 11.7 Å². The number of ether oxygens (including phenoxy) is 3. The summed E-state index contributed by atoms with van der Waals surface area (Å²) in [6.45, 7) is 2.90. The fourth-order valence-electron chi connectivity index (χ4n) is 6.38. The zero-order valence-electron chi connectivity index (χ0n) is 25.4. The third-order valence-corrected chi connectivity index (χ3v) is 9.04. The second-order valence-electron chi connectivity index (χ2n) is 11.0. The minimum atomic E-state index is -1.64. The number of carbonyl (C=O) groups is 2. The van der Waals surface area contributed by atoms with Crippen LogP contribution in [0.5, 0.6) is 0 Å². The number of benzene rings is 3. The molecule has 1 N–H and O–H groups in total. The topological polar surface area (TPSA) is 85.3 Å². The second kappa shape index (κ2) is 14.5. The number of rotatable bonds is 9. The molecule has 236 valence electrons. The van der Waals surface area contributed by atoms with Crippen molar-refractivity contribution in [1.29, 1.82) is 0 Å². The molecule has 7 nitrogen and oxygen atoms in total. The summed E-state index contributed by atoms with van der Waals surface area (Å²) in [5.74, 6) is -1.27. The fourth-order valence-corrected chi connectivity index (χ4v) is 6.71. The summed E-state index contributed by atoms with van der Waals surface area (Å²) < 4.78 is 32.4. The molecule has 0 bridgehead atoms. The van der Waals surface area contributed by atoms with Crippen LogP contribution in [0.4, 0.5) is 4.39 Å². The Labute approximate surface area is 267 Å². The van der Waals surface area contributed by atoms with Gasteiger partial charge in [0.2, 0.25) is 0 Å². The zero-order chi connectivity index (χ0) is 32.1. The molecule has 3 aromatic rings. The van der Waals surface area contributed by atoms with E-state index in [1.54, 1.807) is 62.8 Å². The van der Waals surface area contributed by atoms with Crippen LogP contribution in [-0.4, -0.2) is 56.7 Å². The minimum absolute atomic E-state index is 0.0110. The predicted molar refractivity (Wildman–Crippen MR) is 167 cm³/mol. The molecule has 0 spiro atoms. The maximum atomic E-state index is 16.5. The number of aliphatic hydroxyl groups is 1. The lowest BCUT2D eigenvalue weighted by molar-refractivity contribution is -0.107. The van der Waals surface area contributed by atoms with Crippen LogP contribution in [0.1, 0.15) is 64.4 Å². The van der Waals surface area contributed by atoms with Gasteiger partial charge in [0.25, 0.3) is 5.91 Å². The van der Waals surface area contributed by atoms with Gasteiger partial charge in [-0.05, 0) is 78.3 Å². The van der Waals surface area contributed by atoms with Crippen LogP contribution in [0.3, 0.4) is 0 Å². The van der Waals surface area contributed by atoms with Gasteiger partial charge in [0.15, 0.2) is 5.72 Å².